The molecule has 1 aromatic rings. The summed E-state index contributed by atoms with van der Waals surface area (Å²) < 4.78 is 5.33. The number of nitrogens with two attached hydrogens (primary N) is 1. The summed E-state index contributed by atoms with van der Waals surface area (Å²) in [6, 6.07) is 8.13. The average molecular weight is 252 g/mol. The molecule has 1 aromatic carbocycles. The number of hydrogen-bond acceptors (Lipinski definition) is 3. The molecule has 0 saturated carbocycles. The van der Waals surface area contributed by atoms with E-state index in [1.807, 2.05) is 25.2 Å². The van der Waals surface area contributed by atoms with E-state index in [1.165, 1.54) is 0 Å². The van der Waals surface area contributed by atoms with Crippen LogP contribution in [-0.4, -0.2) is 30.1 Å². The summed E-state index contributed by atoms with van der Waals surface area (Å²) in [5.74, 6) is 0.900. The normalized spacial score (nSPS) is 12.5. The maximum Gasteiger partial charge on any atom is 0.123 e. The van der Waals surface area contributed by atoms with Gasteiger partial charge in [-0.2, -0.15) is 0 Å². The molecule has 1 rings (SSSR count). The van der Waals surface area contributed by atoms with Gasteiger partial charge in [-0.15, -0.1) is 0 Å². The fourth-order valence-corrected chi connectivity index (χ4v) is 2.29. The van der Waals surface area contributed by atoms with Crippen molar-refractivity contribution in [3.63, 3.8) is 0 Å². The van der Waals surface area contributed by atoms with Crippen LogP contribution in [0.2, 0.25) is 0 Å². The van der Waals surface area contributed by atoms with Crippen LogP contribution in [0.4, 0.5) is 0 Å². The second kappa shape index (κ2) is 6.57. The topological polar surface area (TPSA) is 38.5 Å². The van der Waals surface area contributed by atoms with Crippen LogP contribution in [0.1, 0.15) is 18.9 Å². The number of rotatable bonds is 6. The van der Waals surface area contributed by atoms with Gasteiger partial charge in [0.2, 0.25) is 0 Å². The number of thiocarbonyl (C=S) groups is 1. The van der Waals surface area contributed by atoms with E-state index < -0.39 is 0 Å². The monoisotopic (exact) mass is 252 g/mol. The lowest BCUT2D eigenvalue weighted by molar-refractivity contribution is 0.278. The first-order valence-electron chi connectivity index (χ1n) is 5.71. The molecule has 17 heavy (non-hydrogen) atoms. The van der Waals surface area contributed by atoms with Gasteiger partial charge < -0.3 is 10.5 Å². The minimum Gasteiger partial charge on any atom is -0.496 e. The van der Waals surface area contributed by atoms with Gasteiger partial charge in [0.05, 0.1) is 18.1 Å². The van der Waals surface area contributed by atoms with E-state index in [0.29, 0.717) is 4.99 Å². The smallest absolute Gasteiger partial charge is 0.123 e. The van der Waals surface area contributed by atoms with E-state index >= 15 is 0 Å². The van der Waals surface area contributed by atoms with Crippen LogP contribution in [0.5, 0.6) is 5.75 Å². The summed E-state index contributed by atoms with van der Waals surface area (Å²) in [4.78, 5) is 2.70. The Morgan fingerprint density at radius 3 is 2.65 bits per heavy atom. The Morgan fingerprint density at radius 2 is 2.12 bits per heavy atom. The van der Waals surface area contributed by atoms with Crippen molar-refractivity contribution in [1.82, 2.24) is 4.90 Å². The predicted molar refractivity (Wildman–Crippen MR) is 75.3 cm³/mol. The van der Waals surface area contributed by atoms with Crippen LogP contribution in [0, 0.1) is 0 Å². The molecule has 0 heterocycles. The third kappa shape index (κ3) is 3.68. The molecule has 94 valence electrons. The molecule has 0 aliphatic carbocycles. The lowest BCUT2D eigenvalue weighted by Gasteiger charge is -2.26. The van der Waals surface area contributed by atoms with Crippen molar-refractivity contribution in [2.75, 3.05) is 14.2 Å². The summed E-state index contributed by atoms with van der Waals surface area (Å²) in [6.45, 7) is 2.86. The van der Waals surface area contributed by atoms with Gasteiger partial charge in [0.25, 0.3) is 0 Å². The number of likely N-dealkylation sites (N-methyl/N-ethyl adjacent to an activating group) is 1. The summed E-state index contributed by atoms with van der Waals surface area (Å²) in [7, 11) is 3.71. The van der Waals surface area contributed by atoms with Crippen molar-refractivity contribution in [3.8, 4) is 5.75 Å². The first-order valence-corrected chi connectivity index (χ1v) is 6.12. The first kappa shape index (κ1) is 13.9. The van der Waals surface area contributed by atoms with Gasteiger partial charge in [0.1, 0.15) is 5.75 Å². The van der Waals surface area contributed by atoms with Crippen LogP contribution < -0.4 is 10.5 Å². The molecule has 2 N–H and O–H groups in total. The SMILES string of the molecule is CCC(C(N)=S)N(C)Cc1ccccc1OC. The number of nitrogens with zero attached hydrogens (tertiary/aromatic N) is 1. The summed E-state index contributed by atoms with van der Waals surface area (Å²) in [5, 5.41) is 0. The van der Waals surface area contributed by atoms with E-state index in [9.17, 15) is 0 Å². The Bertz CT molecular complexity index is 381. The summed E-state index contributed by atoms with van der Waals surface area (Å²) in [6.07, 6.45) is 0.918. The van der Waals surface area contributed by atoms with Crippen LogP contribution in [-0.2, 0) is 6.54 Å². The van der Waals surface area contributed by atoms with Crippen molar-refractivity contribution in [2.45, 2.75) is 25.9 Å². The molecule has 0 aliphatic rings. The lowest BCUT2D eigenvalue weighted by atomic mass is 10.1. The number of methoxy groups -OCH3 is 1. The van der Waals surface area contributed by atoms with Crippen molar-refractivity contribution in [3.05, 3.63) is 29.8 Å². The number of ether oxygens (including phenoxy) is 1. The molecular weight excluding hydrogens is 232 g/mol. The zero-order chi connectivity index (χ0) is 12.8. The minimum absolute atomic E-state index is 0.134. The number of benzene rings is 1. The van der Waals surface area contributed by atoms with E-state index in [1.54, 1.807) is 7.11 Å². The van der Waals surface area contributed by atoms with E-state index in [2.05, 4.69) is 17.9 Å². The second-order valence-corrected chi connectivity index (χ2v) is 4.52. The molecule has 1 unspecified atom stereocenters. The van der Waals surface area contributed by atoms with Crippen molar-refractivity contribution in [2.24, 2.45) is 5.73 Å². The van der Waals surface area contributed by atoms with E-state index in [0.717, 1.165) is 24.3 Å². The first-order chi connectivity index (χ1) is 8.10. The summed E-state index contributed by atoms with van der Waals surface area (Å²) in [5.41, 5.74) is 6.88. The molecule has 0 aliphatic heterocycles. The van der Waals surface area contributed by atoms with Crippen LogP contribution >= 0.6 is 12.2 Å². The Kier molecular flexibility index (Phi) is 5.38. The molecule has 0 amide bonds. The molecule has 0 saturated heterocycles. The predicted octanol–water partition coefficient (Wildman–Crippen LogP) is 2.19. The maximum absolute atomic E-state index is 5.73. The molecule has 3 nitrogen and oxygen atoms in total. The molecule has 0 aromatic heterocycles. The highest BCUT2D eigenvalue weighted by molar-refractivity contribution is 7.80. The van der Waals surface area contributed by atoms with E-state index in [4.69, 9.17) is 22.7 Å². The molecule has 0 spiro atoms. The van der Waals surface area contributed by atoms with Crippen LogP contribution in [0.15, 0.2) is 24.3 Å². The quantitative estimate of drug-likeness (QED) is 0.788. The molecule has 1 atom stereocenters. The largest absolute Gasteiger partial charge is 0.496 e. The molecular formula is C13H20N2OS. The molecule has 4 heteroatoms. The molecule has 0 fully saturated rings. The maximum atomic E-state index is 5.73. The Hall–Kier alpha value is -1.13. The fourth-order valence-electron chi connectivity index (χ4n) is 1.94. The van der Waals surface area contributed by atoms with Crippen molar-refractivity contribution < 1.29 is 4.74 Å². The number of hydrogen-bond donors (Lipinski definition) is 1. The third-order valence-electron chi connectivity index (χ3n) is 2.86. The van der Waals surface area contributed by atoms with Crippen LogP contribution in [0.3, 0.4) is 0 Å². The van der Waals surface area contributed by atoms with Gasteiger partial charge in [-0.05, 0) is 19.5 Å². The summed E-state index contributed by atoms with van der Waals surface area (Å²) >= 11 is 5.07. The Morgan fingerprint density at radius 1 is 1.47 bits per heavy atom. The molecule has 0 radical (unpaired) electrons. The van der Waals surface area contributed by atoms with Crippen molar-refractivity contribution >= 4 is 17.2 Å². The third-order valence-corrected chi connectivity index (χ3v) is 3.13. The highest BCUT2D eigenvalue weighted by atomic mass is 32.1. The van der Waals surface area contributed by atoms with E-state index in [-0.39, 0.29) is 6.04 Å². The van der Waals surface area contributed by atoms with Gasteiger partial charge in [-0.3, -0.25) is 4.90 Å². The zero-order valence-electron chi connectivity index (χ0n) is 10.6. The lowest BCUT2D eigenvalue weighted by Crippen LogP contribution is -2.40. The van der Waals surface area contributed by atoms with Crippen LogP contribution in [0.25, 0.3) is 0 Å². The average Bonchev–Trinajstić information content (AvgIpc) is 2.30. The van der Waals surface area contributed by atoms with Gasteiger partial charge in [-0.1, -0.05) is 37.3 Å². The van der Waals surface area contributed by atoms with Gasteiger partial charge in [0.15, 0.2) is 0 Å². The Labute approximate surface area is 109 Å². The van der Waals surface area contributed by atoms with Crippen molar-refractivity contribution in [1.29, 1.82) is 0 Å². The Balaban J connectivity index is 2.79. The fraction of sp³-hybridized carbons (Fsp3) is 0.462. The van der Waals surface area contributed by atoms with Gasteiger partial charge >= 0.3 is 0 Å². The van der Waals surface area contributed by atoms with Gasteiger partial charge in [-0.25, -0.2) is 0 Å². The second-order valence-electron chi connectivity index (χ2n) is 4.05. The standard InChI is InChI=1S/C13H20N2OS/c1-4-11(13(14)17)15(2)9-10-7-5-6-8-12(10)16-3/h5-8,11H,4,9H2,1-3H3,(H2,14,17). The number of para-hydroxylation sites is 1. The minimum atomic E-state index is 0.134. The van der Waals surface area contributed by atoms with Gasteiger partial charge in [0, 0.05) is 12.1 Å². The molecule has 0 bridgehead atoms. The highest BCUT2D eigenvalue weighted by Gasteiger charge is 2.16. The zero-order valence-corrected chi connectivity index (χ0v) is 11.5. The highest BCUT2D eigenvalue weighted by Crippen LogP contribution is 2.20.